The van der Waals surface area contributed by atoms with Crippen LogP contribution in [0.5, 0.6) is 0 Å². The van der Waals surface area contributed by atoms with Crippen molar-refractivity contribution in [3.05, 3.63) is 35.4 Å². The van der Waals surface area contributed by atoms with E-state index in [1.54, 1.807) is 0 Å². The molecule has 21 heavy (non-hydrogen) atoms. The van der Waals surface area contributed by atoms with E-state index >= 15 is 0 Å². The molecule has 1 N–H and O–H groups in total. The number of likely N-dealkylation sites (N-methyl/N-ethyl adjacent to an activating group) is 1. The molecule has 0 bridgehead atoms. The van der Waals surface area contributed by atoms with Gasteiger partial charge in [0.2, 0.25) is 0 Å². The van der Waals surface area contributed by atoms with Crippen molar-refractivity contribution in [1.82, 2.24) is 5.32 Å². The fourth-order valence-electron chi connectivity index (χ4n) is 3.31. The van der Waals surface area contributed by atoms with Crippen LogP contribution in [0.2, 0.25) is 0 Å². The van der Waals surface area contributed by atoms with Crippen LogP contribution in [-0.2, 0) is 17.8 Å². The maximum Gasteiger partial charge on any atom is 0.0723 e. The Bertz CT molecular complexity index is 404. The predicted molar refractivity (Wildman–Crippen MR) is 89.5 cm³/mol. The van der Waals surface area contributed by atoms with Gasteiger partial charge in [0.15, 0.2) is 0 Å². The van der Waals surface area contributed by atoms with E-state index in [0.29, 0.717) is 6.10 Å². The van der Waals surface area contributed by atoms with Gasteiger partial charge in [0.05, 0.1) is 12.7 Å². The highest BCUT2D eigenvalue weighted by molar-refractivity contribution is 5.26. The minimum atomic E-state index is 0.477. The van der Waals surface area contributed by atoms with Crippen LogP contribution in [0, 0.1) is 5.92 Å². The predicted octanol–water partition coefficient (Wildman–Crippen LogP) is 4.32. The molecule has 2 atom stereocenters. The summed E-state index contributed by atoms with van der Waals surface area (Å²) in [6, 6.07) is 8.73. The second kappa shape index (κ2) is 9.22. The number of hydrogen-bond acceptors (Lipinski definition) is 2. The molecule has 2 rings (SSSR count). The molecule has 0 heterocycles. The van der Waals surface area contributed by atoms with Crippen molar-refractivity contribution >= 4 is 0 Å². The highest BCUT2D eigenvalue weighted by Crippen LogP contribution is 2.29. The Morgan fingerprint density at radius 2 is 1.95 bits per heavy atom. The molecule has 1 saturated carbocycles. The average molecular weight is 289 g/mol. The van der Waals surface area contributed by atoms with Crippen molar-refractivity contribution < 1.29 is 4.74 Å². The molecular formula is C19H31NO. The maximum atomic E-state index is 6.23. The molecule has 1 aromatic rings. The molecular weight excluding hydrogens is 258 g/mol. The van der Waals surface area contributed by atoms with E-state index in [4.69, 9.17) is 4.74 Å². The first-order valence-electron chi connectivity index (χ1n) is 8.72. The molecule has 2 nitrogen and oxygen atoms in total. The molecule has 0 aliphatic heterocycles. The Balaban J connectivity index is 1.84. The van der Waals surface area contributed by atoms with Gasteiger partial charge in [0, 0.05) is 0 Å². The van der Waals surface area contributed by atoms with Crippen LogP contribution in [0.3, 0.4) is 0 Å². The van der Waals surface area contributed by atoms with E-state index < -0.39 is 0 Å². The lowest BCUT2D eigenvalue weighted by atomic mass is 9.85. The second-order valence-corrected chi connectivity index (χ2v) is 6.25. The molecule has 1 aromatic carbocycles. The van der Waals surface area contributed by atoms with Crippen molar-refractivity contribution in [1.29, 1.82) is 0 Å². The maximum absolute atomic E-state index is 6.23. The van der Waals surface area contributed by atoms with E-state index in [1.165, 1.54) is 43.2 Å². The summed E-state index contributed by atoms with van der Waals surface area (Å²) in [7, 11) is 0. The highest BCUT2D eigenvalue weighted by atomic mass is 16.5. The van der Waals surface area contributed by atoms with Crippen LogP contribution in [0.4, 0.5) is 0 Å². The van der Waals surface area contributed by atoms with Crippen LogP contribution in [0.1, 0.15) is 57.1 Å². The molecule has 118 valence electrons. The van der Waals surface area contributed by atoms with E-state index in [-0.39, 0.29) is 0 Å². The van der Waals surface area contributed by atoms with Gasteiger partial charge in [-0.3, -0.25) is 0 Å². The molecule has 1 aliphatic rings. The Morgan fingerprint density at radius 1 is 1.14 bits per heavy atom. The third-order valence-corrected chi connectivity index (χ3v) is 4.73. The van der Waals surface area contributed by atoms with Gasteiger partial charge in [-0.25, -0.2) is 0 Å². The Morgan fingerprint density at radius 3 is 2.71 bits per heavy atom. The van der Waals surface area contributed by atoms with Gasteiger partial charge in [-0.15, -0.1) is 0 Å². The lowest BCUT2D eigenvalue weighted by Gasteiger charge is -2.28. The monoisotopic (exact) mass is 289 g/mol. The summed E-state index contributed by atoms with van der Waals surface area (Å²) in [5, 5.41) is 3.40. The van der Waals surface area contributed by atoms with Crippen molar-refractivity contribution in [2.75, 3.05) is 13.1 Å². The van der Waals surface area contributed by atoms with Gasteiger partial charge in [0.25, 0.3) is 0 Å². The number of benzene rings is 1. The van der Waals surface area contributed by atoms with Gasteiger partial charge in [-0.1, -0.05) is 57.4 Å². The number of hydrogen-bond donors (Lipinski definition) is 1. The van der Waals surface area contributed by atoms with Gasteiger partial charge >= 0.3 is 0 Å². The number of nitrogens with one attached hydrogen (secondary N) is 1. The molecule has 0 spiro atoms. The van der Waals surface area contributed by atoms with Crippen LogP contribution >= 0.6 is 0 Å². The minimum Gasteiger partial charge on any atom is -0.374 e. The zero-order valence-electron chi connectivity index (χ0n) is 13.7. The topological polar surface area (TPSA) is 21.3 Å². The Hall–Kier alpha value is -0.860. The Kier molecular flexibility index (Phi) is 7.25. The van der Waals surface area contributed by atoms with Gasteiger partial charge in [0.1, 0.15) is 0 Å². The van der Waals surface area contributed by atoms with Crippen LogP contribution in [-0.4, -0.2) is 19.2 Å². The molecule has 2 unspecified atom stereocenters. The van der Waals surface area contributed by atoms with Crippen LogP contribution in [0.15, 0.2) is 24.3 Å². The summed E-state index contributed by atoms with van der Waals surface area (Å²) >= 11 is 0. The van der Waals surface area contributed by atoms with Crippen molar-refractivity contribution in [3.8, 4) is 0 Å². The van der Waals surface area contributed by atoms with E-state index in [2.05, 4.69) is 43.4 Å². The van der Waals surface area contributed by atoms with Crippen molar-refractivity contribution in [2.45, 2.75) is 65.1 Å². The lowest BCUT2D eigenvalue weighted by Crippen LogP contribution is -2.23. The molecule has 0 radical (unpaired) electrons. The smallest absolute Gasteiger partial charge is 0.0723 e. The quantitative estimate of drug-likeness (QED) is 0.719. The largest absolute Gasteiger partial charge is 0.374 e. The second-order valence-electron chi connectivity index (χ2n) is 6.25. The van der Waals surface area contributed by atoms with Gasteiger partial charge in [-0.05, 0) is 49.4 Å². The summed E-state index contributed by atoms with van der Waals surface area (Å²) in [6.45, 7) is 7.34. The van der Waals surface area contributed by atoms with Crippen LogP contribution in [0.25, 0.3) is 0 Å². The molecule has 1 fully saturated rings. The third kappa shape index (κ3) is 5.44. The molecule has 0 saturated heterocycles. The minimum absolute atomic E-state index is 0.477. The fourth-order valence-corrected chi connectivity index (χ4v) is 3.31. The summed E-state index contributed by atoms with van der Waals surface area (Å²) in [6.07, 6.45) is 8.12. The molecule has 0 aromatic heterocycles. The first-order valence-corrected chi connectivity index (χ1v) is 8.72. The van der Waals surface area contributed by atoms with Gasteiger partial charge in [-0.2, -0.15) is 0 Å². The molecule has 0 amide bonds. The van der Waals surface area contributed by atoms with Crippen LogP contribution < -0.4 is 5.32 Å². The van der Waals surface area contributed by atoms with E-state index in [1.807, 2.05) is 0 Å². The standard InChI is InChI=1S/C19H31NO/c1-3-16-8-7-11-19(14-16)21-15-18-10-6-5-9-17(18)12-13-20-4-2/h5-6,9-10,16,19-20H,3-4,7-8,11-15H2,1-2H3. The first-order chi connectivity index (χ1) is 10.3. The summed E-state index contributed by atoms with van der Waals surface area (Å²) in [5.41, 5.74) is 2.80. The third-order valence-electron chi connectivity index (χ3n) is 4.73. The first kappa shape index (κ1) is 16.5. The van der Waals surface area contributed by atoms with E-state index in [0.717, 1.165) is 32.0 Å². The summed E-state index contributed by atoms with van der Waals surface area (Å²) < 4.78 is 6.23. The van der Waals surface area contributed by atoms with Gasteiger partial charge < -0.3 is 10.1 Å². The SMILES string of the molecule is CCNCCc1ccccc1COC1CCCC(CC)C1. The molecule has 2 heteroatoms. The molecule has 1 aliphatic carbocycles. The summed E-state index contributed by atoms with van der Waals surface area (Å²) in [5.74, 6) is 0.882. The fraction of sp³-hybridized carbons (Fsp3) is 0.684. The summed E-state index contributed by atoms with van der Waals surface area (Å²) in [4.78, 5) is 0. The highest BCUT2D eigenvalue weighted by Gasteiger charge is 2.21. The Labute approximate surface area is 130 Å². The average Bonchev–Trinajstić information content (AvgIpc) is 2.54. The zero-order valence-corrected chi connectivity index (χ0v) is 13.7. The van der Waals surface area contributed by atoms with Crippen molar-refractivity contribution in [3.63, 3.8) is 0 Å². The normalized spacial score (nSPS) is 22.4. The van der Waals surface area contributed by atoms with Crippen molar-refractivity contribution in [2.24, 2.45) is 5.92 Å². The lowest BCUT2D eigenvalue weighted by molar-refractivity contribution is 0.00150. The number of rotatable bonds is 8. The zero-order chi connectivity index (χ0) is 14.9. The van der Waals surface area contributed by atoms with E-state index in [9.17, 15) is 0 Å². The number of ether oxygens (including phenoxy) is 1.